The molecule has 0 fully saturated rings. The zero-order valence-electron chi connectivity index (χ0n) is 12.3. The number of ether oxygens (including phenoxy) is 1. The number of benzene rings is 1. The molecular weight excluding hydrogens is 264 g/mol. The van der Waals surface area contributed by atoms with Crippen LogP contribution in [-0.2, 0) is 13.0 Å². The maximum Gasteiger partial charge on any atom is 0.119 e. The minimum atomic E-state index is -0.543. The number of nitrogens with one attached hydrogen (secondary N) is 1. The van der Waals surface area contributed by atoms with Crippen molar-refractivity contribution >= 4 is 0 Å². The summed E-state index contributed by atoms with van der Waals surface area (Å²) < 4.78 is 5.51. The van der Waals surface area contributed by atoms with Crippen molar-refractivity contribution in [2.75, 3.05) is 13.2 Å². The lowest BCUT2D eigenvalue weighted by atomic mass is 10.1. The number of aliphatic hydroxyl groups is 1. The second-order valence-electron chi connectivity index (χ2n) is 4.87. The van der Waals surface area contributed by atoms with Crippen LogP contribution >= 0.6 is 0 Å². The number of pyridine rings is 1. The molecule has 4 nitrogen and oxygen atoms in total. The lowest BCUT2D eigenvalue weighted by Crippen LogP contribution is -2.31. The second-order valence-corrected chi connectivity index (χ2v) is 4.87. The molecule has 2 rings (SSSR count). The number of para-hydroxylation sites is 1. The zero-order chi connectivity index (χ0) is 14.9. The molecule has 1 heterocycles. The number of aryl methyl sites for hydroxylation is 1. The molecule has 2 N–H and O–H groups in total. The summed E-state index contributed by atoms with van der Waals surface area (Å²) in [5.74, 6) is 0.773. The highest BCUT2D eigenvalue weighted by Crippen LogP contribution is 2.08. The van der Waals surface area contributed by atoms with Crippen LogP contribution in [0, 0.1) is 0 Å². The van der Waals surface area contributed by atoms with Gasteiger partial charge in [-0.15, -0.1) is 0 Å². The molecule has 1 aromatic heterocycles. The van der Waals surface area contributed by atoms with Gasteiger partial charge < -0.3 is 15.2 Å². The summed E-state index contributed by atoms with van der Waals surface area (Å²) in [6.45, 7) is 3.53. The minimum absolute atomic E-state index is 0.278. The molecule has 1 atom stereocenters. The van der Waals surface area contributed by atoms with Crippen LogP contribution in [0.5, 0.6) is 5.75 Å². The molecule has 0 saturated carbocycles. The molecule has 0 saturated heterocycles. The van der Waals surface area contributed by atoms with Gasteiger partial charge in [-0.2, -0.15) is 0 Å². The van der Waals surface area contributed by atoms with Gasteiger partial charge in [0, 0.05) is 19.3 Å². The van der Waals surface area contributed by atoms with Crippen molar-refractivity contribution in [2.24, 2.45) is 0 Å². The Balaban J connectivity index is 1.70. The molecule has 112 valence electrons. The van der Waals surface area contributed by atoms with Crippen LogP contribution in [0.3, 0.4) is 0 Å². The van der Waals surface area contributed by atoms with Gasteiger partial charge in [0.05, 0.1) is 5.69 Å². The van der Waals surface area contributed by atoms with Crippen LogP contribution < -0.4 is 10.1 Å². The van der Waals surface area contributed by atoms with E-state index in [0.717, 1.165) is 17.9 Å². The molecule has 2 aromatic rings. The van der Waals surface area contributed by atoms with Crippen molar-refractivity contribution in [3.05, 3.63) is 59.9 Å². The van der Waals surface area contributed by atoms with Crippen LogP contribution in [0.2, 0.25) is 0 Å². The van der Waals surface area contributed by atoms with E-state index in [0.29, 0.717) is 13.1 Å². The lowest BCUT2D eigenvalue weighted by molar-refractivity contribution is 0.106. The Morgan fingerprint density at radius 1 is 1.19 bits per heavy atom. The van der Waals surface area contributed by atoms with Gasteiger partial charge in [-0.1, -0.05) is 31.2 Å². The highest BCUT2D eigenvalue weighted by atomic mass is 16.5. The summed E-state index contributed by atoms with van der Waals surface area (Å²) in [6.07, 6.45) is 2.22. The fourth-order valence-electron chi connectivity index (χ4n) is 2.08. The van der Waals surface area contributed by atoms with E-state index >= 15 is 0 Å². The number of hydrogen-bond donors (Lipinski definition) is 2. The van der Waals surface area contributed by atoms with Gasteiger partial charge in [0.25, 0.3) is 0 Å². The smallest absolute Gasteiger partial charge is 0.119 e. The molecule has 0 radical (unpaired) electrons. The molecule has 0 aliphatic rings. The van der Waals surface area contributed by atoms with Crippen molar-refractivity contribution in [3.63, 3.8) is 0 Å². The third-order valence-electron chi connectivity index (χ3n) is 3.22. The Hall–Kier alpha value is -1.91. The number of nitrogens with zero attached hydrogens (tertiary/aromatic N) is 1. The topological polar surface area (TPSA) is 54.4 Å². The minimum Gasteiger partial charge on any atom is -0.491 e. The third kappa shape index (κ3) is 5.17. The predicted molar refractivity (Wildman–Crippen MR) is 83.3 cm³/mol. The summed E-state index contributed by atoms with van der Waals surface area (Å²) >= 11 is 0. The van der Waals surface area contributed by atoms with Crippen LogP contribution in [0.15, 0.2) is 48.7 Å². The average molecular weight is 286 g/mol. The molecule has 0 aliphatic carbocycles. The highest BCUT2D eigenvalue weighted by molar-refractivity contribution is 5.21. The van der Waals surface area contributed by atoms with E-state index in [1.54, 1.807) is 6.20 Å². The van der Waals surface area contributed by atoms with E-state index in [9.17, 15) is 5.11 Å². The van der Waals surface area contributed by atoms with Gasteiger partial charge >= 0.3 is 0 Å². The third-order valence-corrected chi connectivity index (χ3v) is 3.22. The first-order chi connectivity index (χ1) is 10.3. The summed E-state index contributed by atoms with van der Waals surface area (Å²) in [5.41, 5.74) is 2.27. The summed E-state index contributed by atoms with van der Waals surface area (Å²) in [7, 11) is 0. The van der Waals surface area contributed by atoms with Crippen molar-refractivity contribution < 1.29 is 9.84 Å². The van der Waals surface area contributed by atoms with Crippen molar-refractivity contribution in [1.82, 2.24) is 10.3 Å². The molecule has 21 heavy (non-hydrogen) atoms. The molecule has 0 spiro atoms. The molecule has 1 unspecified atom stereocenters. The van der Waals surface area contributed by atoms with E-state index < -0.39 is 6.10 Å². The van der Waals surface area contributed by atoms with Crippen LogP contribution in [0.25, 0.3) is 0 Å². The molecule has 0 bridgehead atoms. The number of aromatic nitrogens is 1. The Kier molecular flexibility index (Phi) is 6.19. The SMILES string of the molecule is CCc1cccnc1CNCC(O)COc1ccccc1. The van der Waals surface area contributed by atoms with Crippen molar-refractivity contribution in [1.29, 1.82) is 0 Å². The van der Waals surface area contributed by atoms with Crippen molar-refractivity contribution in [3.8, 4) is 5.75 Å². The monoisotopic (exact) mass is 286 g/mol. The van der Waals surface area contributed by atoms with Gasteiger partial charge in [0.15, 0.2) is 0 Å². The van der Waals surface area contributed by atoms with Crippen molar-refractivity contribution in [2.45, 2.75) is 26.0 Å². The number of aliphatic hydroxyl groups excluding tert-OH is 1. The predicted octanol–water partition coefficient (Wildman–Crippen LogP) is 2.17. The zero-order valence-corrected chi connectivity index (χ0v) is 12.3. The molecular formula is C17H22N2O2. The van der Waals surface area contributed by atoms with Gasteiger partial charge in [-0.05, 0) is 30.2 Å². The standard InChI is InChI=1S/C17H22N2O2/c1-2-14-7-6-10-19-17(14)12-18-11-15(20)13-21-16-8-4-3-5-9-16/h3-10,15,18,20H,2,11-13H2,1H3. The molecule has 1 aromatic carbocycles. The summed E-state index contributed by atoms with van der Waals surface area (Å²) in [6, 6.07) is 13.5. The summed E-state index contributed by atoms with van der Waals surface area (Å²) in [5, 5.41) is 13.1. The van der Waals surface area contributed by atoms with Gasteiger partial charge in [0.2, 0.25) is 0 Å². The maximum atomic E-state index is 9.91. The Morgan fingerprint density at radius 2 is 2.00 bits per heavy atom. The van der Waals surface area contributed by atoms with E-state index in [2.05, 4.69) is 23.3 Å². The first-order valence-corrected chi connectivity index (χ1v) is 7.29. The van der Waals surface area contributed by atoms with Gasteiger partial charge in [-0.3, -0.25) is 4.98 Å². The molecule has 0 amide bonds. The van der Waals surface area contributed by atoms with Crippen LogP contribution in [-0.4, -0.2) is 29.3 Å². The average Bonchev–Trinajstić information content (AvgIpc) is 2.54. The Labute approximate surface area is 125 Å². The highest BCUT2D eigenvalue weighted by Gasteiger charge is 2.06. The quantitative estimate of drug-likeness (QED) is 0.781. The number of rotatable bonds is 8. The summed E-state index contributed by atoms with van der Waals surface area (Å²) in [4.78, 5) is 4.36. The maximum absolute atomic E-state index is 9.91. The van der Waals surface area contributed by atoms with E-state index in [1.165, 1.54) is 5.56 Å². The number of hydrogen-bond acceptors (Lipinski definition) is 4. The van der Waals surface area contributed by atoms with E-state index in [-0.39, 0.29) is 6.61 Å². The lowest BCUT2D eigenvalue weighted by Gasteiger charge is -2.14. The van der Waals surface area contributed by atoms with Gasteiger partial charge in [0.1, 0.15) is 18.5 Å². The van der Waals surface area contributed by atoms with E-state index in [4.69, 9.17) is 4.74 Å². The van der Waals surface area contributed by atoms with Gasteiger partial charge in [-0.25, -0.2) is 0 Å². The fourth-order valence-corrected chi connectivity index (χ4v) is 2.08. The van der Waals surface area contributed by atoms with E-state index in [1.807, 2.05) is 36.4 Å². The first kappa shape index (κ1) is 15.5. The molecule has 4 heteroatoms. The second kappa shape index (κ2) is 8.39. The fraction of sp³-hybridized carbons (Fsp3) is 0.353. The first-order valence-electron chi connectivity index (χ1n) is 7.29. The van der Waals surface area contributed by atoms with Crippen LogP contribution in [0.4, 0.5) is 0 Å². The largest absolute Gasteiger partial charge is 0.491 e. The Morgan fingerprint density at radius 3 is 2.76 bits per heavy atom. The van der Waals surface area contributed by atoms with Crippen LogP contribution in [0.1, 0.15) is 18.2 Å². The Bertz CT molecular complexity index is 531. The molecule has 0 aliphatic heterocycles. The normalized spacial score (nSPS) is 12.1.